The van der Waals surface area contributed by atoms with Crippen LogP contribution >= 0.6 is 11.6 Å². The molecule has 2 heteroatoms. The number of allylic oxidation sites excluding steroid dienone is 3. The average molecular weight is 314 g/mol. The number of rotatable bonds is 3. The third kappa shape index (κ3) is 2.63. The van der Waals surface area contributed by atoms with Crippen molar-refractivity contribution in [2.24, 2.45) is 5.92 Å². The summed E-state index contributed by atoms with van der Waals surface area (Å²) in [6, 6.07) is 4.98. The van der Waals surface area contributed by atoms with E-state index in [0.717, 1.165) is 29.9 Å². The van der Waals surface area contributed by atoms with Crippen LogP contribution in [0.15, 0.2) is 42.6 Å². The van der Waals surface area contributed by atoms with Gasteiger partial charge in [-0.15, -0.1) is 0 Å². The number of hydrogen-bond donors (Lipinski definition) is 0. The van der Waals surface area contributed by atoms with E-state index < -0.39 is 0 Å². The molecule has 1 atom stereocenters. The fourth-order valence-corrected chi connectivity index (χ4v) is 3.74. The number of nitrogens with zero attached hydrogens (tertiary/aromatic N) is 1. The Kier molecular flexibility index (Phi) is 4.18. The smallest absolute Gasteiger partial charge is 0.0491 e. The zero-order chi connectivity index (χ0) is 15.9. The highest BCUT2D eigenvalue weighted by Crippen LogP contribution is 2.40. The van der Waals surface area contributed by atoms with Gasteiger partial charge in [0.25, 0.3) is 0 Å². The molecule has 0 radical (unpaired) electrons. The Labute approximate surface area is 139 Å². The van der Waals surface area contributed by atoms with Crippen molar-refractivity contribution < 1.29 is 0 Å². The maximum atomic E-state index is 6.52. The Bertz CT molecular complexity index is 667. The summed E-state index contributed by atoms with van der Waals surface area (Å²) < 4.78 is 0. The Balaban J connectivity index is 2.13. The van der Waals surface area contributed by atoms with Gasteiger partial charge < -0.3 is 4.90 Å². The van der Waals surface area contributed by atoms with E-state index in [1.807, 2.05) is 0 Å². The maximum Gasteiger partial charge on any atom is 0.0491 e. The third-order valence-corrected chi connectivity index (χ3v) is 5.02. The molecule has 0 bridgehead atoms. The minimum Gasteiger partial charge on any atom is -0.344 e. The number of fused-ring (bicyclic) bond motifs is 3. The van der Waals surface area contributed by atoms with Crippen LogP contribution < -0.4 is 0 Å². The van der Waals surface area contributed by atoms with Crippen molar-refractivity contribution in [2.45, 2.75) is 46.1 Å². The molecule has 2 aliphatic rings. The minimum absolute atomic E-state index is 0.499. The van der Waals surface area contributed by atoms with E-state index in [2.05, 4.69) is 62.7 Å². The first kappa shape index (κ1) is 15.4. The molecule has 1 aromatic rings. The van der Waals surface area contributed by atoms with E-state index in [0.29, 0.717) is 12.0 Å². The highest BCUT2D eigenvalue weighted by atomic mass is 35.5. The molecule has 0 N–H and O–H groups in total. The number of benzene rings is 1. The van der Waals surface area contributed by atoms with E-state index in [-0.39, 0.29) is 0 Å². The van der Waals surface area contributed by atoms with Crippen LogP contribution in [0.2, 0.25) is 5.02 Å². The summed E-state index contributed by atoms with van der Waals surface area (Å²) in [7, 11) is 0. The van der Waals surface area contributed by atoms with Crippen LogP contribution in [-0.2, 0) is 12.8 Å². The molecule has 116 valence electrons. The van der Waals surface area contributed by atoms with Crippen LogP contribution in [-0.4, -0.2) is 10.9 Å². The van der Waals surface area contributed by atoms with E-state index in [1.165, 1.54) is 22.4 Å². The quantitative estimate of drug-likeness (QED) is 0.702. The lowest BCUT2D eigenvalue weighted by atomic mass is 9.84. The van der Waals surface area contributed by atoms with Crippen molar-refractivity contribution in [1.82, 2.24) is 4.90 Å². The van der Waals surface area contributed by atoms with Crippen LogP contribution in [0.3, 0.4) is 0 Å². The van der Waals surface area contributed by atoms with Crippen molar-refractivity contribution >= 4 is 17.3 Å². The summed E-state index contributed by atoms with van der Waals surface area (Å²) in [4.78, 5) is 2.40. The molecule has 2 heterocycles. The van der Waals surface area contributed by atoms with Gasteiger partial charge in [0.1, 0.15) is 0 Å². The summed E-state index contributed by atoms with van der Waals surface area (Å²) in [5, 5.41) is 0.893. The summed E-state index contributed by atoms with van der Waals surface area (Å²) in [5.74, 6) is 0.595. The SMILES string of the molecule is C=C1C=CN2C(=C1)c1cc(Cl)c(CCC)cc1CC2C(C)C. The fraction of sp³-hybridized carbons (Fsp3) is 0.400. The van der Waals surface area contributed by atoms with Gasteiger partial charge in [-0.1, -0.05) is 51.4 Å². The Morgan fingerprint density at radius 3 is 2.82 bits per heavy atom. The molecule has 2 aliphatic heterocycles. The van der Waals surface area contributed by atoms with Crippen molar-refractivity contribution in [2.75, 3.05) is 0 Å². The Hall–Kier alpha value is -1.47. The molecule has 1 nitrogen and oxygen atoms in total. The van der Waals surface area contributed by atoms with E-state index in [4.69, 9.17) is 11.6 Å². The molecule has 22 heavy (non-hydrogen) atoms. The van der Waals surface area contributed by atoms with E-state index in [1.54, 1.807) is 0 Å². The topological polar surface area (TPSA) is 3.24 Å². The van der Waals surface area contributed by atoms with Gasteiger partial charge in [-0.3, -0.25) is 0 Å². The molecule has 0 saturated carbocycles. The summed E-state index contributed by atoms with van der Waals surface area (Å²) in [6.45, 7) is 10.9. The molecule has 3 rings (SSSR count). The van der Waals surface area contributed by atoms with Gasteiger partial charge in [0, 0.05) is 28.5 Å². The molecule has 0 aliphatic carbocycles. The van der Waals surface area contributed by atoms with Crippen molar-refractivity contribution in [1.29, 1.82) is 0 Å². The van der Waals surface area contributed by atoms with Gasteiger partial charge >= 0.3 is 0 Å². The van der Waals surface area contributed by atoms with Crippen LogP contribution in [0.5, 0.6) is 0 Å². The Morgan fingerprint density at radius 2 is 2.14 bits per heavy atom. The molecule has 1 aromatic carbocycles. The van der Waals surface area contributed by atoms with Crippen molar-refractivity contribution in [3.05, 3.63) is 64.3 Å². The second-order valence-electron chi connectivity index (χ2n) is 6.69. The van der Waals surface area contributed by atoms with Crippen LogP contribution in [0, 0.1) is 5.92 Å². The molecule has 0 saturated heterocycles. The lowest BCUT2D eigenvalue weighted by Gasteiger charge is -2.42. The van der Waals surface area contributed by atoms with Crippen molar-refractivity contribution in [3.8, 4) is 0 Å². The molecule has 0 amide bonds. The number of halogens is 1. The molecule has 0 fully saturated rings. The first-order chi connectivity index (χ1) is 10.5. The second kappa shape index (κ2) is 5.96. The normalized spacial score (nSPS) is 20.0. The molecule has 1 unspecified atom stereocenters. The second-order valence-corrected chi connectivity index (χ2v) is 7.10. The van der Waals surface area contributed by atoms with Gasteiger partial charge in [-0.2, -0.15) is 0 Å². The Morgan fingerprint density at radius 1 is 1.36 bits per heavy atom. The number of hydrogen-bond acceptors (Lipinski definition) is 1. The predicted molar refractivity (Wildman–Crippen MR) is 95.9 cm³/mol. The van der Waals surface area contributed by atoms with E-state index in [9.17, 15) is 0 Å². The fourth-order valence-electron chi connectivity index (χ4n) is 3.48. The van der Waals surface area contributed by atoms with Gasteiger partial charge in [-0.25, -0.2) is 0 Å². The van der Waals surface area contributed by atoms with Crippen LogP contribution in [0.25, 0.3) is 5.70 Å². The monoisotopic (exact) mass is 313 g/mol. The zero-order valence-electron chi connectivity index (χ0n) is 13.7. The molecular formula is C20H24ClN. The van der Waals surface area contributed by atoms with Crippen LogP contribution in [0.4, 0.5) is 0 Å². The number of aryl methyl sites for hydroxylation is 1. The standard InChI is InChI=1S/C20H24ClN/c1-5-6-15-10-16-11-19(13(2)3)22-8-7-14(4)9-20(22)17(16)12-18(15)21/h7-10,12-13,19H,4-6,11H2,1-3H3. The van der Waals surface area contributed by atoms with Crippen molar-refractivity contribution in [3.63, 3.8) is 0 Å². The first-order valence-electron chi connectivity index (χ1n) is 8.20. The van der Waals surface area contributed by atoms with Gasteiger partial charge in [-0.05, 0) is 53.7 Å². The van der Waals surface area contributed by atoms with Gasteiger partial charge in [0.05, 0.1) is 0 Å². The molecule has 0 spiro atoms. The largest absolute Gasteiger partial charge is 0.344 e. The molecule has 0 aromatic heterocycles. The molecular weight excluding hydrogens is 290 g/mol. The van der Waals surface area contributed by atoms with Gasteiger partial charge in [0.2, 0.25) is 0 Å². The summed E-state index contributed by atoms with van der Waals surface area (Å²) in [6.07, 6.45) is 9.71. The van der Waals surface area contributed by atoms with E-state index >= 15 is 0 Å². The minimum atomic E-state index is 0.499. The zero-order valence-corrected chi connectivity index (χ0v) is 14.5. The third-order valence-electron chi connectivity index (χ3n) is 4.67. The van der Waals surface area contributed by atoms with Gasteiger partial charge in [0.15, 0.2) is 0 Å². The predicted octanol–water partition coefficient (Wildman–Crippen LogP) is 5.60. The van der Waals surface area contributed by atoms with Crippen LogP contribution in [0.1, 0.15) is 43.9 Å². The lowest BCUT2D eigenvalue weighted by Crippen LogP contribution is -2.40. The highest BCUT2D eigenvalue weighted by Gasteiger charge is 2.32. The maximum absolute atomic E-state index is 6.52. The lowest BCUT2D eigenvalue weighted by molar-refractivity contribution is 0.285. The highest BCUT2D eigenvalue weighted by molar-refractivity contribution is 6.31. The summed E-state index contributed by atoms with van der Waals surface area (Å²) >= 11 is 6.52. The first-order valence-corrected chi connectivity index (χ1v) is 8.58. The summed E-state index contributed by atoms with van der Waals surface area (Å²) in [5.41, 5.74) is 6.28. The average Bonchev–Trinajstić information content (AvgIpc) is 2.47.